The van der Waals surface area contributed by atoms with Crippen molar-refractivity contribution in [1.29, 1.82) is 5.26 Å². The van der Waals surface area contributed by atoms with E-state index in [0.29, 0.717) is 5.75 Å². The van der Waals surface area contributed by atoms with Gasteiger partial charge in [0.25, 0.3) is 0 Å². The first-order chi connectivity index (χ1) is 7.79. The Morgan fingerprint density at radius 3 is 2.71 bits per heavy atom. The van der Waals surface area contributed by atoms with Crippen LogP contribution in [0.2, 0.25) is 0 Å². The molecule has 92 valence electrons. The number of hydrogen-bond donors (Lipinski definition) is 1. The molecular formula is C12H14ClFN2O. The molecule has 0 amide bonds. The Labute approximate surface area is 106 Å². The zero-order valence-electron chi connectivity index (χ0n) is 9.28. The summed E-state index contributed by atoms with van der Waals surface area (Å²) in [7, 11) is 0. The van der Waals surface area contributed by atoms with E-state index in [1.165, 1.54) is 18.2 Å². The summed E-state index contributed by atoms with van der Waals surface area (Å²) in [6.45, 7) is 1.85. The Morgan fingerprint density at radius 1 is 1.35 bits per heavy atom. The van der Waals surface area contributed by atoms with Crippen LogP contribution >= 0.6 is 12.4 Å². The Balaban J connectivity index is 0.00000144. The molecular weight excluding hydrogens is 243 g/mol. The van der Waals surface area contributed by atoms with Crippen LogP contribution in [-0.2, 0) is 0 Å². The molecule has 2 rings (SSSR count). The van der Waals surface area contributed by atoms with Crippen molar-refractivity contribution >= 4 is 12.4 Å². The summed E-state index contributed by atoms with van der Waals surface area (Å²) in [5.41, 5.74) is 0.263. The van der Waals surface area contributed by atoms with Gasteiger partial charge in [0, 0.05) is 0 Å². The minimum absolute atomic E-state index is 0. The van der Waals surface area contributed by atoms with E-state index in [2.05, 4.69) is 5.32 Å². The smallest absolute Gasteiger partial charge is 0.137 e. The van der Waals surface area contributed by atoms with Crippen LogP contribution in [0.3, 0.4) is 0 Å². The number of nitrogens with zero attached hydrogens (tertiary/aromatic N) is 1. The number of halogens is 2. The molecule has 1 aromatic carbocycles. The summed E-state index contributed by atoms with van der Waals surface area (Å²) < 4.78 is 18.6. The van der Waals surface area contributed by atoms with Crippen molar-refractivity contribution in [3.05, 3.63) is 29.6 Å². The van der Waals surface area contributed by atoms with Crippen molar-refractivity contribution in [2.45, 2.75) is 18.9 Å². The molecule has 0 bridgehead atoms. The first-order valence-electron chi connectivity index (χ1n) is 5.36. The van der Waals surface area contributed by atoms with Gasteiger partial charge in [-0.2, -0.15) is 5.26 Å². The van der Waals surface area contributed by atoms with Crippen molar-refractivity contribution in [2.24, 2.45) is 0 Å². The summed E-state index contributed by atoms with van der Waals surface area (Å²) in [6.07, 6.45) is 1.96. The molecule has 0 aliphatic carbocycles. The number of hydrogen-bond acceptors (Lipinski definition) is 3. The lowest BCUT2D eigenvalue weighted by atomic mass is 10.1. The maximum absolute atomic E-state index is 12.9. The molecule has 1 fully saturated rings. The number of nitriles is 1. The monoisotopic (exact) mass is 256 g/mol. The van der Waals surface area contributed by atoms with E-state index < -0.39 is 5.82 Å². The molecule has 0 radical (unpaired) electrons. The van der Waals surface area contributed by atoms with Crippen LogP contribution in [0.25, 0.3) is 0 Å². The van der Waals surface area contributed by atoms with E-state index in [1.54, 1.807) is 0 Å². The van der Waals surface area contributed by atoms with Gasteiger partial charge in [0.15, 0.2) is 0 Å². The third-order valence-electron chi connectivity index (χ3n) is 2.64. The van der Waals surface area contributed by atoms with Crippen molar-refractivity contribution in [2.75, 3.05) is 13.1 Å². The van der Waals surface area contributed by atoms with Crippen molar-refractivity contribution < 1.29 is 9.13 Å². The first-order valence-corrected chi connectivity index (χ1v) is 5.36. The molecule has 1 aliphatic heterocycles. The zero-order chi connectivity index (χ0) is 11.4. The highest BCUT2D eigenvalue weighted by Gasteiger charge is 2.16. The molecule has 0 saturated carbocycles. The molecule has 0 spiro atoms. The zero-order valence-corrected chi connectivity index (χ0v) is 10.1. The van der Waals surface area contributed by atoms with Gasteiger partial charge in [-0.25, -0.2) is 4.39 Å². The first kappa shape index (κ1) is 13.8. The van der Waals surface area contributed by atoms with Gasteiger partial charge < -0.3 is 10.1 Å². The molecule has 0 unspecified atom stereocenters. The Hall–Kier alpha value is -1.31. The van der Waals surface area contributed by atoms with Gasteiger partial charge >= 0.3 is 0 Å². The van der Waals surface area contributed by atoms with Gasteiger partial charge in [0.05, 0.1) is 5.56 Å². The SMILES string of the molecule is Cl.N#Cc1cc(F)ccc1OC1CCNCC1. The van der Waals surface area contributed by atoms with Crippen LogP contribution in [0.5, 0.6) is 5.75 Å². The third-order valence-corrected chi connectivity index (χ3v) is 2.64. The van der Waals surface area contributed by atoms with Gasteiger partial charge in [-0.3, -0.25) is 0 Å². The third kappa shape index (κ3) is 3.58. The minimum Gasteiger partial charge on any atom is -0.489 e. The Bertz CT molecular complexity index is 413. The van der Waals surface area contributed by atoms with Crippen molar-refractivity contribution in [1.82, 2.24) is 5.32 Å². The van der Waals surface area contributed by atoms with Gasteiger partial charge in [-0.15, -0.1) is 12.4 Å². The predicted molar refractivity (Wildman–Crippen MR) is 64.9 cm³/mol. The number of piperidine rings is 1. The summed E-state index contributed by atoms with van der Waals surface area (Å²) in [6, 6.07) is 5.99. The summed E-state index contributed by atoms with van der Waals surface area (Å²) in [4.78, 5) is 0. The fraction of sp³-hybridized carbons (Fsp3) is 0.417. The van der Waals surface area contributed by atoms with Gasteiger partial charge in [0.2, 0.25) is 0 Å². The molecule has 5 heteroatoms. The molecule has 1 saturated heterocycles. The second-order valence-corrected chi connectivity index (χ2v) is 3.82. The van der Waals surface area contributed by atoms with Crippen LogP contribution in [0.4, 0.5) is 4.39 Å². The largest absolute Gasteiger partial charge is 0.489 e. The molecule has 17 heavy (non-hydrogen) atoms. The van der Waals surface area contributed by atoms with Crippen molar-refractivity contribution in [3.63, 3.8) is 0 Å². The van der Waals surface area contributed by atoms with E-state index in [1.807, 2.05) is 6.07 Å². The lowest BCUT2D eigenvalue weighted by Gasteiger charge is -2.24. The maximum atomic E-state index is 12.9. The topological polar surface area (TPSA) is 45.0 Å². The highest BCUT2D eigenvalue weighted by molar-refractivity contribution is 5.85. The van der Waals surface area contributed by atoms with Gasteiger partial charge in [0.1, 0.15) is 23.7 Å². The Morgan fingerprint density at radius 2 is 2.06 bits per heavy atom. The van der Waals surface area contributed by atoms with Crippen molar-refractivity contribution in [3.8, 4) is 11.8 Å². The van der Waals surface area contributed by atoms with Crippen LogP contribution in [0, 0.1) is 17.1 Å². The van der Waals surface area contributed by atoms with E-state index in [4.69, 9.17) is 10.00 Å². The molecule has 1 heterocycles. The van der Waals surface area contributed by atoms with E-state index in [0.717, 1.165) is 25.9 Å². The van der Waals surface area contributed by atoms with E-state index in [9.17, 15) is 4.39 Å². The molecule has 1 N–H and O–H groups in total. The molecule has 1 aromatic rings. The highest BCUT2D eigenvalue weighted by Crippen LogP contribution is 2.22. The van der Waals surface area contributed by atoms with Crippen LogP contribution < -0.4 is 10.1 Å². The van der Waals surface area contributed by atoms with E-state index >= 15 is 0 Å². The number of rotatable bonds is 2. The second kappa shape index (κ2) is 6.43. The maximum Gasteiger partial charge on any atom is 0.137 e. The number of ether oxygens (including phenoxy) is 1. The second-order valence-electron chi connectivity index (χ2n) is 3.82. The molecule has 3 nitrogen and oxygen atoms in total. The highest BCUT2D eigenvalue weighted by atomic mass is 35.5. The fourth-order valence-corrected chi connectivity index (χ4v) is 1.79. The number of nitrogens with one attached hydrogen (secondary N) is 1. The quantitative estimate of drug-likeness (QED) is 0.883. The summed E-state index contributed by atoms with van der Waals surface area (Å²) in [5, 5.41) is 12.1. The lowest BCUT2D eigenvalue weighted by Crippen LogP contribution is -2.34. The van der Waals surface area contributed by atoms with E-state index in [-0.39, 0.29) is 24.1 Å². The summed E-state index contributed by atoms with van der Waals surface area (Å²) >= 11 is 0. The fourth-order valence-electron chi connectivity index (χ4n) is 1.79. The summed E-state index contributed by atoms with van der Waals surface area (Å²) in [5.74, 6) is 0.0741. The normalized spacial score (nSPS) is 15.8. The van der Waals surface area contributed by atoms with Crippen LogP contribution in [0.1, 0.15) is 18.4 Å². The average molecular weight is 257 g/mol. The molecule has 0 aromatic heterocycles. The standard InChI is InChI=1S/C12H13FN2O.ClH/c13-10-1-2-12(9(7-10)8-14)16-11-3-5-15-6-4-11;/h1-2,7,11,15H,3-6H2;1H. The predicted octanol–water partition coefficient (Wildman–Crippen LogP) is 2.25. The van der Waals surface area contributed by atoms with Crippen LogP contribution in [-0.4, -0.2) is 19.2 Å². The Kier molecular flexibility index (Phi) is 5.20. The minimum atomic E-state index is -0.408. The van der Waals surface area contributed by atoms with Crippen LogP contribution in [0.15, 0.2) is 18.2 Å². The van der Waals surface area contributed by atoms with Gasteiger partial charge in [-0.1, -0.05) is 0 Å². The molecule has 0 atom stereocenters. The average Bonchev–Trinajstić information content (AvgIpc) is 2.33. The van der Waals surface area contributed by atoms with Gasteiger partial charge in [-0.05, 0) is 44.1 Å². The molecule has 1 aliphatic rings. The lowest BCUT2D eigenvalue weighted by molar-refractivity contribution is 0.162. The number of benzene rings is 1.